The zero-order valence-electron chi connectivity index (χ0n) is 11.9. The van der Waals surface area contributed by atoms with Gasteiger partial charge in [0.05, 0.1) is 12.6 Å². The SMILES string of the molecule is O=C(Nc1cccc(Br)n1)N1CCc2ccccc2C1CO. The van der Waals surface area contributed by atoms with E-state index in [1.165, 1.54) is 5.56 Å². The van der Waals surface area contributed by atoms with Gasteiger partial charge in [0.25, 0.3) is 0 Å². The topological polar surface area (TPSA) is 65.5 Å². The van der Waals surface area contributed by atoms with Gasteiger partial charge in [-0.05, 0) is 45.6 Å². The molecule has 3 rings (SSSR count). The van der Waals surface area contributed by atoms with Crippen molar-refractivity contribution < 1.29 is 9.90 Å². The number of carbonyl (C=O) groups excluding carboxylic acids is 1. The van der Waals surface area contributed by atoms with Gasteiger partial charge in [0.1, 0.15) is 10.4 Å². The van der Waals surface area contributed by atoms with E-state index in [1.807, 2.05) is 30.3 Å². The lowest BCUT2D eigenvalue weighted by molar-refractivity contribution is 0.135. The highest BCUT2D eigenvalue weighted by Crippen LogP contribution is 2.29. The first-order valence-corrected chi connectivity index (χ1v) is 7.87. The van der Waals surface area contributed by atoms with E-state index in [0.717, 1.165) is 12.0 Å². The number of carbonyl (C=O) groups is 1. The van der Waals surface area contributed by atoms with Crippen molar-refractivity contribution in [3.8, 4) is 0 Å². The second kappa shape index (κ2) is 6.46. The van der Waals surface area contributed by atoms with E-state index in [9.17, 15) is 9.90 Å². The highest BCUT2D eigenvalue weighted by molar-refractivity contribution is 9.10. The van der Waals surface area contributed by atoms with E-state index >= 15 is 0 Å². The molecule has 0 saturated heterocycles. The molecule has 0 aliphatic carbocycles. The van der Waals surface area contributed by atoms with Gasteiger partial charge in [-0.1, -0.05) is 30.3 Å². The highest BCUT2D eigenvalue weighted by Gasteiger charge is 2.30. The van der Waals surface area contributed by atoms with Gasteiger partial charge in [0, 0.05) is 6.54 Å². The lowest BCUT2D eigenvalue weighted by atomic mass is 9.93. The van der Waals surface area contributed by atoms with Crippen LogP contribution in [0.3, 0.4) is 0 Å². The van der Waals surface area contributed by atoms with Gasteiger partial charge in [-0.2, -0.15) is 0 Å². The van der Waals surface area contributed by atoms with Crippen LogP contribution < -0.4 is 5.32 Å². The smallest absolute Gasteiger partial charge is 0.323 e. The number of anilines is 1. The maximum absolute atomic E-state index is 12.5. The predicted octanol–water partition coefficient (Wildman–Crippen LogP) is 2.97. The molecule has 1 aliphatic rings. The molecule has 1 aromatic heterocycles. The Labute approximate surface area is 137 Å². The van der Waals surface area contributed by atoms with Gasteiger partial charge in [0.15, 0.2) is 0 Å². The highest BCUT2D eigenvalue weighted by atomic mass is 79.9. The van der Waals surface area contributed by atoms with Crippen LogP contribution in [0, 0.1) is 0 Å². The van der Waals surface area contributed by atoms with Gasteiger partial charge < -0.3 is 10.0 Å². The second-order valence-electron chi connectivity index (χ2n) is 5.12. The van der Waals surface area contributed by atoms with Crippen LogP contribution in [0.4, 0.5) is 10.6 Å². The van der Waals surface area contributed by atoms with Crippen molar-refractivity contribution >= 4 is 27.8 Å². The van der Waals surface area contributed by atoms with E-state index in [2.05, 4.69) is 26.2 Å². The summed E-state index contributed by atoms with van der Waals surface area (Å²) in [5, 5.41) is 12.5. The van der Waals surface area contributed by atoms with Crippen molar-refractivity contribution in [2.45, 2.75) is 12.5 Å². The summed E-state index contributed by atoms with van der Waals surface area (Å²) >= 11 is 3.28. The Hall–Kier alpha value is -1.92. The number of nitrogens with zero attached hydrogens (tertiary/aromatic N) is 2. The Bertz CT molecular complexity index is 693. The lowest BCUT2D eigenvalue weighted by Gasteiger charge is -2.36. The molecule has 6 heteroatoms. The summed E-state index contributed by atoms with van der Waals surface area (Å²) in [7, 11) is 0. The number of amides is 2. The Kier molecular flexibility index (Phi) is 4.40. The molecule has 0 saturated carbocycles. The number of fused-ring (bicyclic) bond motifs is 1. The van der Waals surface area contributed by atoms with Crippen LogP contribution in [-0.4, -0.2) is 34.2 Å². The summed E-state index contributed by atoms with van der Waals surface area (Å²) in [6.45, 7) is 0.471. The third-order valence-corrected chi connectivity index (χ3v) is 4.24. The van der Waals surface area contributed by atoms with Gasteiger partial charge in [-0.3, -0.25) is 5.32 Å². The maximum atomic E-state index is 12.5. The standard InChI is InChI=1S/C16H16BrN3O2/c17-14-6-3-7-15(18-14)19-16(22)20-9-8-11-4-1-2-5-12(11)13(20)10-21/h1-7,13,21H,8-10H2,(H,18,19,22). The van der Waals surface area contributed by atoms with Crippen molar-refractivity contribution in [2.75, 3.05) is 18.5 Å². The molecular formula is C16H16BrN3O2. The van der Waals surface area contributed by atoms with Crippen LogP contribution >= 0.6 is 15.9 Å². The molecule has 0 radical (unpaired) electrons. The average Bonchev–Trinajstić information content (AvgIpc) is 2.53. The Morgan fingerprint density at radius 2 is 2.14 bits per heavy atom. The van der Waals surface area contributed by atoms with E-state index in [-0.39, 0.29) is 18.7 Å². The van der Waals surface area contributed by atoms with E-state index in [0.29, 0.717) is 17.0 Å². The van der Waals surface area contributed by atoms with Crippen LogP contribution in [0.15, 0.2) is 47.1 Å². The normalized spacial score (nSPS) is 17.0. The Morgan fingerprint density at radius 3 is 2.91 bits per heavy atom. The van der Waals surface area contributed by atoms with Gasteiger partial charge >= 0.3 is 6.03 Å². The molecule has 2 amide bonds. The first kappa shape index (κ1) is 15.0. The summed E-state index contributed by atoms with van der Waals surface area (Å²) in [5.74, 6) is 0.481. The summed E-state index contributed by atoms with van der Waals surface area (Å²) in [4.78, 5) is 18.4. The molecule has 1 unspecified atom stereocenters. The number of halogens is 1. The molecule has 22 heavy (non-hydrogen) atoms. The minimum absolute atomic E-state index is 0.101. The number of benzene rings is 1. The quantitative estimate of drug-likeness (QED) is 0.808. The molecule has 0 fully saturated rings. The van der Waals surface area contributed by atoms with Crippen molar-refractivity contribution in [1.29, 1.82) is 0 Å². The molecule has 1 aliphatic heterocycles. The molecule has 0 spiro atoms. The number of rotatable bonds is 2. The predicted molar refractivity (Wildman–Crippen MR) is 87.6 cm³/mol. The van der Waals surface area contributed by atoms with Crippen LogP contribution in [0.1, 0.15) is 17.2 Å². The molecule has 2 heterocycles. The first-order valence-electron chi connectivity index (χ1n) is 7.08. The summed E-state index contributed by atoms with van der Waals surface area (Å²) in [6, 6.07) is 12.7. The Morgan fingerprint density at radius 1 is 1.32 bits per heavy atom. The number of pyridine rings is 1. The monoisotopic (exact) mass is 361 g/mol. The molecular weight excluding hydrogens is 346 g/mol. The third-order valence-electron chi connectivity index (χ3n) is 3.80. The van der Waals surface area contributed by atoms with Crippen molar-refractivity contribution in [1.82, 2.24) is 9.88 Å². The van der Waals surface area contributed by atoms with Gasteiger partial charge in [-0.25, -0.2) is 9.78 Å². The molecule has 0 bridgehead atoms. The summed E-state index contributed by atoms with van der Waals surface area (Å²) in [6.07, 6.45) is 0.784. The number of aliphatic hydroxyl groups excluding tert-OH is 1. The average molecular weight is 362 g/mol. The number of hydrogen-bond donors (Lipinski definition) is 2. The largest absolute Gasteiger partial charge is 0.394 e. The summed E-state index contributed by atoms with van der Waals surface area (Å²) < 4.78 is 0.660. The fourth-order valence-electron chi connectivity index (χ4n) is 2.75. The number of hydrogen-bond acceptors (Lipinski definition) is 3. The second-order valence-corrected chi connectivity index (χ2v) is 5.93. The zero-order chi connectivity index (χ0) is 15.5. The lowest BCUT2D eigenvalue weighted by Crippen LogP contribution is -2.44. The zero-order valence-corrected chi connectivity index (χ0v) is 13.5. The number of aliphatic hydroxyl groups is 1. The Balaban J connectivity index is 1.81. The third kappa shape index (κ3) is 2.98. The van der Waals surface area contributed by atoms with Crippen molar-refractivity contribution in [3.63, 3.8) is 0 Å². The van der Waals surface area contributed by atoms with Crippen LogP contribution in [-0.2, 0) is 6.42 Å². The molecule has 2 aromatic rings. The maximum Gasteiger partial charge on any atom is 0.323 e. The van der Waals surface area contributed by atoms with E-state index in [4.69, 9.17) is 0 Å². The van der Waals surface area contributed by atoms with Crippen LogP contribution in [0.25, 0.3) is 0 Å². The number of aromatic nitrogens is 1. The molecule has 1 aromatic carbocycles. The van der Waals surface area contributed by atoms with Crippen molar-refractivity contribution in [2.24, 2.45) is 0 Å². The van der Waals surface area contributed by atoms with Crippen LogP contribution in [0.2, 0.25) is 0 Å². The van der Waals surface area contributed by atoms with Crippen LogP contribution in [0.5, 0.6) is 0 Å². The molecule has 1 atom stereocenters. The minimum Gasteiger partial charge on any atom is -0.394 e. The first-order chi connectivity index (χ1) is 10.7. The molecule has 5 nitrogen and oxygen atoms in total. The molecule has 2 N–H and O–H groups in total. The molecule has 114 valence electrons. The number of nitrogens with one attached hydrogen (secondary N) is 1. The van der Waals surface area contributed by atoms with Crippen molar-refractivity contribution in [3.05, 3.63) is 58.2 Å². The number of urea groups is 1. The van der Waals surface area contributed by atoms with Gasteiger partial charge in [-0.15, -0.1) is 0 Å². The van der Waals surface area contributed by atoms with E-state index < -0.39 is 0 Å². The van der Waals surface area contributed by atoms with E-state index in [1.54, 1.807) is 17.0 Å². The summed E-state index contributed by atoms with van der Waals surface area (Å²) in [5.41, 5.74) is 2.19. The fourth-order valence-corrected chi connectivity index (χ4v) is 3.09. The minimum atomic E-state index is -0.322. The fraction of sp³-hybridized carbons (Fsp3) is 0.250. The van der Waals surface area contributed by atoms with Gasteiger partial charge in [0.2, 0.25) is 0 Å².